The van der Waals surface area contributed by atoms with E-state index in [4.69, 9.17) is 4.99 Å². The highest BCUT2D eigenvalue weighted by Gasteiger charge is 2.09. The van der Waals surface area contributed by atoms with Gasteiger partial charge >= 0.3 is 0 Å². The average molecular weight is 281 g/mol. The number of hydrogen-bond donors (Lipinski definition) is 0. The van der Waals surface area contributed by atoms with Crippen LogP contribution >= 0.6 is 0 Å². The smallest absolute Gasteiger partial charge is 0.0704 e. The average Bonchev–Trinajstić information content (AvgIpc) is 2.42. The van der Waals surface area contributed by atoms with Crippen LogP contribution in [0.15, 0.2) is 59.3 Å². The molecule has 0 unspecified atom stereocenters. The molecule has 1 aliphatic carbocycles. The summed E-state index contributed by atoms with van der Waals surface area (Å²) in [6.45, 7) is 6.19. The van der Waals surface area contributed by atoms with E-state index >= 15 is 0 Å². The molecule has 21 heavy (non-hydrogen) atoms. The Labute approximate surface area is 127 Å². The van der Waals surface area contributed by atoms with Crippen LogP contribution in [0.1, 0.15) is 5.56 Å². The lowest BCUT2D eigenvalue weighted by atomic mass is 10.0. The van der Waals surface area contributed by atoms with Gasteiger partial charge in [-0.1, -0.05) is 6.58 Å². The number of hydrogen-bond acceptors (Lipinski definition) is 3. The number of anilines is 1. The van der Waals surface area contributed by atoms with Gasteiger partial charge in [-0.2, -0.15) is 0 Å². The molecular formula is C18H23N3. The van der Waals surface area contributed by atoms with Crippen molar-refractivity contribution in [2.24, 2.45) is 4.99 Å². The van der Waals surface area contributed by atoms with Gasteiger partial charge < -0.3 is 9.80 Å². The van der Waals surface area contributed by atoms with Crippen LogP contribution in [0.25, 0.3) is 0 Å². The third-order valence-corrected chi connectivity index (χ3v) is 3.52. The molecule has 3 heteroatoms. The lowest BCUT2D eigenvalue weighted by Crippen LogP contribution is -2.13. The zero-order valence-corrected chi connectivity index (χ0v) is 13.5. The molecule has 1 aromatic carbocycles. The summed E-state index contributed by atoms with van der Waals surface area (Å²) in [5.74, 6) is 0. The van der Waals surface area contributed by atoms with Gasteiger partial charge in [-0.25, -0.2) is 4.99 Å². The molecular weight excluding hydrogens is 258 g/mol. The molecule has 0 aliphatic heterocycles. The third-order valence-electron chi connectivity index (χ3n) is 3.52. The maximum absolute atomic E-state index is 4.74. The molecule has 1 aliphatic rings. The predicted molar refractivity (Wildman–Crippen MR) is 92.7 cm³/mol. The predicted octanol–water partition coefficient (Wildman–Crippen LogP) is 3.71. The van der Waals surface area contributed by atoms with Crippen molar-refractivity contribution in [1.82, 2.24) is 4.90 Å². The first-order valence-electron chi connectivity index (χ1n) is 7.01. The zero-order valence-electron chi connectivity index (χ0n) is 13.5. The van der Waals surface area contributed by atoms with E-state index in [-0.39, 0.29) is 0 Å². The molecule has 2 rings (SSSR count). The molecule has 0 fully saturated rings. The van der Waals surface area contributed by atoms with Crippen molar-refractivity contribution in [3.63, 3.8) is 0 Å². The fraction of sp³-hybridized carbons (Fsp3) is 0.278. The van der Waals surface area contributed by atoms with Crippen molar-refractivity contribution >= 4 is 17.1 Å². The number of rotatable bonds is 3. The Morgan fingerprint density at radius 2 is 1.71 bits per heavy atom. The van der Waals surface area contributed by atoms with Crippen LogP contribution < -0.4 is 4.90 Å². The fourth-order valence-electron chi connectivity index (χ4n) is 2.13. The molecule has 0 saturated heterocycles. The van der Waals surface area contributed by atoms with Crippen LogP contribution in [-0.2, 0) is 0 Å². The van der Waals surface area contributed by atoms with Crippen molar-refractivity contribution in [2.75, 3.05) is 33.1 Å². The van der Waals surface area contributed by atoms with E-state index in [1.807, 2.05) is 34.3 Å². The highest BCUT2D eigenvalue weighted by molar-refractivity contribution is 6.12. The second kappa shape index (κ2) is 6.00. The quantitative estimate of drug-likeness (QED) is 0.841. The van der Waals surface area contributed by atoms with E-state index in [1.54, 1.807) is 0 Å². The van der Waals surface area contributed by atoms with E-state index in [0.29, 0.717) is 0 Å². The summed E-state index contributed by atoms with van der Waals surface area (Å²) in [5.41, 5.74) is 6.34. The molecule has 0 spiro atoms. The second-order valence-corrected chi connectivity index (χ2v) is 5.68. The summed E-state index contributed by atoms with van der Waals surface area (Å²) >= 11 is 0. The Kier molecular flexibility index (Phi) is 4.32. The van der Waals surface area contributed by atoms with Crippen LogP contribution in [-0.4, -0.2) is 38.8 Å². The monoisotopic (exact) mass is 281 g/mol. The molecule has 0 radical (unpaired) electrons. The molecule has 0 bridgehead atoms. The second-order valence-electron chi connectivity index (χ2n) is 5.68. The topological polar surface area (TPSA) is 18.8 Å². The van der Waals surface area contributed by atoms with E-state index in [9.17, 15) is 0 Å². The largest absolute Gasteiger partial charge is 0.378 e. The molecule has 0 atom stereocenters. The number of benzene rings is 1. The van der Waals surface area contributed by atoms with Crippen molar-refractivity contribution in [1.29, 1.82) is 0 Å². The van der Waals surface area contributed by atoms with Gasteiger partial charge in [0, 0.05) is 39.6 Å². The number of aliphatic imine (C=N–C) groups is 1. The minimum Gasteiger partial charge on any atom is -0.378 e. The summed E-state index contributed by atoms with van der Waals surface area (Å²) in [5, 5.41) is 0. The van der Waals surface area contributed by atoms with E-state index in [0.717, 1.165) is 28.2 Å². The summed E-state index contributed by atoms with van der Waals surface area (Å²) in [6, 6.07) is 6.29. The van der Waals surface area contributed by atoms with Crippen LogP contribution in [0.5, 0.6) is 0 Å². The minimum atomic E-state index is 0.918. The van der Waals surface area contributed by atoms with Gasteiger partial charge in [-0.05, 0) is 54.5 Å². The Morgan fingerprint density at radius 1 is 1.00 bits per heavy atom. The molecule has 3 nitrogen and oxygen atoms in total. The molecule has 0 N–H and O–H groups in total. The maximum atomic E-state index is 4.74. The van der Waals surface area contributed by atoms with Gasteiger partial charge in [0.2, 0.25) is 0 Å². The molecule has 110 valence electrons. The van der Waals surface area contributed by atoms with Gasteiger partial charge in [-0.15, -0.1) is 0 Å². The SMILES string of the molecule is C=C1C=C(N(C)C)C=CC1=Nc1ccc(N(C)C)cc1C. The fourth-order valence-corrected chi connectivity index (χ4v) is 2.13. The summed E-state index contributed by atoms with van der Waals surface area (Å²) < 4.78 is 0. The summed E-state index contributed by atoms with van der Waals surface area (Å²) in [6.07, 6.45) is 6.15. The van der Waals surface area contributed by atoms with Crippen molar-refractivity contribution in [2.45, 2.75) is 6.92 Å². The van der Waals surface area contributed by atoms with Crippen molar-refractivity contribution in [3.8, 4) is 0 Å². The Bertz CT molecular complexity index is 646. The number of nitrogens with zero attached hydrogens (tertiary/aromatic N) is 3. The first kappa shape index (κ1) is 15.1. The van der Waals surface area contributed by atoms with Gasteiger partial charge in [-0.3, -0.25) is 0 Å². The van der Waals surface area contributed by atoms with Crippen LogP contribution in [0.2, 0.25) is 0 Å². The third kappa shape index (κ3) is 3.43. The highest BCUT2D eigenvalue weighted by Crippen LogP contribution is 2.26. The first-order chi connectivity index (χ1) is 9.88. The van der Waals surface area contributed by atoms with E-state index in [1.165, 1.54) is 5.69 Å². The highest BCUT2D eigenvalue weighted by atomic mass is 15.1. The van der Waals surface area contributed by atoms with Gasteiger partial charge in [0.25, 0.3) is 0 Å². The number of likely N-dealkylation sites (N-methyl/N-ethyl adjacent to an activating group) is 1. The first-order valence-corrected chi connectivity index (χ1v) is 7.01. The summed E-state index contributed by atoms with van der Waals surface area (Å²) in [4.78, 5) is 8.90. The Morgan fingerprint density at radius 3 is 2.24 bits per heavy atom. The van der Waals surface area contributed by atoms with Crippen molar-refractivity contribution < 1.29 is 0 Å². The van der Waals surface area contributed by atoms with Gasteiger partial charge in [0.15, 0.2) is 0 Å². The molecule has 0 heterocycles. The zero-order chi connectivity index (χ0) is 15.6. The standard InChI is InChI=1S/C18H23N3/c1-13-11-15(20(3)4)7-9-17(13)19-18-10-8-16(21(5)6)12-14(18)2/h7-12H,1H2,2-6H3. The molecule has 1 aromatic rings. The van der Waals surface area contributed by atoms with E-state index in [2.05, 4.69) is 53.7 Å². The Balaban J connectivity index is 2.30. The van der Waals surface area contributed by atoms with E-state index < -0.39 is 0 Å². The number of aryl methyl sites for hydroxylation is 1. The molecule has 0 amide bonds. The molecule has 0 aromatic heterocycles. The van der Waals surface area contributed by atoms with Crippen molar-refractivity contribution in [3.05, 3.63) is 59.8 Å². The molecule has 0 saturated carbocycles. The minimum absolute atomic E-state index is 0.918. The van der Waals surface area contributed by atoms with Gasteiger partial charge in [0.05, 0.1) is 11.4 Å². The maximum Gasteiger partial charge on any atom is 0.0704 e. The van der Waals surface area contributed by atoms with Gasteiger partial charge in [0.1, 0.15) is 0 Å². The normalized spacial score (nSPS) is 16.1. The summed E-state index contributed by atoms with van der Waals surface area (Å²) in [7, 11) is 8.13. The lowest BCUT2D eigenvalue weighted by molar-refractivity contribution is 0.529. The van der Waals surface area contributed by atoms with Crippen LogP contribution in [0.4, 0.5) is 11.4 Å². The number of allylic oxidation sites excluding steroid dienone is 4. The Hall–Kier alpha value is -2.29. The van der Waals surface area contributed by atoms with Crippen LogP contribution in [0.3, 0.4) is 0 Å². The van der Waals surface area contributed by atoms with Crippen LogP contribution in [0, 0.1) is 6.92 Å². The lowest BCUT2D eigenvalue weighted by Gasteiger charge is -2.18.